The number of amides is 3. The second-order valence-corrected chi connectivity index (χ2v) is 12.8. The van der Waals surface area contributed by atoms with Crippen molar-refractivity contribution < 1.29 is 29.0 Å². The van der Waals surface area contributed by atoms with E-state index in [0.29, 0.717) is 56.8 Å². The molecule has 2 aromatic carbocycles. The first-order valence-corrected chi connectivity index (χ1v) is 16.4. The predicted octanol–water partition coefficient (Wildman–Crippen LogP) is 4.75. The van der Waals surface area contributed by atoms with E-state index in [4.69, 9.17) is 9.47 Å². The first kappa shape index (κ1) is 33.4. The fraction of sp³-hybridized carbons (Fsp3) is 0.486. The highest BCUT2D eigenvalue weighted by Gasteiger charge is 2.78. The Balaban J connectivity index is 1.52. The molecular weight excluding hydrogens is 582 g/mol. The quantitative estimate of drug-likeness (QED) is 0.213. The zero-order valence-electron chi connectivity index (χ0n) is 27.1. The lowest BCUT2D eigenvalue weighted by atomic mass is 9.66. The van der Waals surface area contributed by atoms with Gasteiger partial charge in [0, 0.05) is 38.5 Å². The number of unbranched alkanes of at least 4 members (excludes halogenated alkanes) is 3. The highest BCUT2D eigenvalue weighted by Crippen LogP contribution is 2.63. The summed E-state index contributed by atoms with van der Waals surface area (Å²) in [6, 6.07) is 16.1. The largest absolute Gasteiger partial charge is 0.497 e. The molecule has 0 saturated carbocycles. The van der Waals surface area contributed by atoms with Gasteiger partial charge in [0.25, 0.3) is 5.91 Å². The van der Waals surface area contributed by atoms with E-state index in [9.17, 15) is 19.5 Å². The van der Waals surface area contributed by atoms with Crippen LogP contribution in [-0.2, 0) is 25.7 Å². The third-order valence-corrected chi connectivity index (χ3v) is 9.92. The Labute approximate surface area is 272 Å². The molecule has 0 aromatic heterocycles. The van der Waals surface area contributed by atoms with Gasteiger partial charge in [0.2, 0.25) is 11.8 Å². The summed E-state index contributed by atoms with van der Waals surface area (Å²) >= 11 is 0. The molecule has 3 saturated heterocycles. The number of hydrogen-bond donors (Lipinski definition) is 1. The topological polar surface area (TPSA) is 99.6 Å². The monoisotopic (exact) mass is 629 g/mol. The minimum absolute atomic E-state index is 0.119. The van der Waals surface area contributed by atoms with Crippen LogP contribution in [0.4, 0.5) is 5.69 Å². The van der Waals surface area contributed by atoms with Gasteiger partial charge in [-0.1, -0.05) is 55.3 Å². The maximum Gasteiger partial charge on any atom is 0.253 e. The lowest BCUT2D eigenvalue weighted by Gasteiger charge is -2.37. The fourth-order valence-electron chi connectivity index (χ4n) is 7.82. The summed E-state index contributed by atoms with van der Waals surface area (Å²) < 4.78 is 12.2. The number of carbonyl (C=O) groups excluding carboxylic acids is 3. The molecule has 3 aliphatic rings. The molecule has 2 unspecified atom stereocenters. The van der Waals surface area contributed by atoms with Gasteiger partial charge in [0.1, 0.15) is 17.4 Å². The number of ether oxygens (including phenoxy) is 2. The number of benzene rings is 2. The number of fused-ring (bicyclic) bond motifs is 1. The van der Waals surface area contributed by atoms with Crippen LogP contribution >= 0.6 is 0 Å². The smallest absolute Gasteiger partial charge is 0.253 e. The van der Waals surface area contributed by atoms with Crippen LogP contribution < -0.4 is 9.64 Å². The minimum atomic E-state index is -1.13. The average Bonchev–Trinajstić information content (AvgIpc) is 3.63. The van der Waals surface area contributed by atoms with E-state index in [0.717, 1.165) is 18.4 Å². The molecule has 9 nitrogen and oxygen atoms in total. The Hall–Kier alpha value is -3.95. The molecule has 5 atom stereocenters. The molecule has 2 bridgehead atoms. The highest BCUT2D eigenvalue weighted by atomic mass is 16.5. The van der Waals surface area contributed by atoms with Crippen molar-refractivity contribution in [2.75, 3.05) is 38.3 Å². The zero-order chi connectivity index (χ0) is 32.9. The first-order valence-electron chi connectivity index (χ1n) is 16.4. The Morgan fingerprint density at radius 1 is 1.00 bits per heavy atom. The Morgan fingerprint density at radius 2 is 1.70 bits per heavy atom. The van der Waals surface area contributed by atoms with Gasteiger partial charge in [0.15, 0.2) is 0 Å². The second kappa shape index (κ2) is 14.2. The summed E-state index contributed by atoms with van der Waals surface area (Å²) in [5, 5.41) is 9.26. The van der Waals surface area contributed by atoms with E-state index in [1.54, 1.807) is 46.1 Å². The van der Waals surface area contributed by atoms with Crippen LogP contribution in [0.1, 0.15) is 51.0 Å². The fourth-order valence-corrected chi connectivity index (χ4v) is 7.82. The number of anilines is 1. The number of carbonyl (C=O) groups is 3. The van der Waals surface area contributed by atoms with Gasteiger partial charge in [-0.15, -0.1) is 13.2 Å². The molecule has 5 rings (SSSR count). The molecule has 0 aliphatic carbocycles. The van der Waals surface area contributed by atoms with E-state index >= 15 is 0 Å². The number of rotatable bonds is 16. The molecule has 1 N–H and O–H groups in total. The van der Waals surface area contributed by atoms with Crippen molar-refractivity contribution in [3.05, 3.63) is 85.5 Å². The summed E-state index contributed by atoms with van der Waals surface area (Å²) in [5.41, 5.74) is -0.376. The maximum atomic E-state index is 14.8. The lowest BCUT2D eigenvalue weighted by molar-refractivity contribution is -0.150. The molecule has 3 amide bonds. The Morgan fingerprint density at radius 3 is 2.35 bits per heavy atom. The molecule has 2 aromatic rings. The van der Waals surface area contributed by atoms with Gasteiger partial charge >= 0.3 is 0 Å². The van der Waals surface area contributed by atoms with Crippen molar-refractivity contribution in [1.82, 2.24) is 9.80 Å². The number of nitrogens with zero attached hydrogens (tertiary/aromatic N) is 3. The number of likely N-dealkylation sites (tertiary alicyclic amines) is 1. The van der Waals surface area contributed by atoms with Crippen LogP contribution in [0.5, 0.6) is 5.75 Å². The highest BCUT2D eigenvalue weighted by molar-refractivity contribution is 6.05. The zero-order valence-corrected chi connectivity index (χ0v) is 27.1. The van der Waals surface area contributed by atoms with Crippen molar-refractivity contribution >= 4 is 23.4 Å². The maximum absolute atomic E-state index is 14.8. The lowest BCUT2D eigenvalue weighted by Crippen LogP contribution is -2.56. The van der Waals surface area contributed by atoms with E-state index in [2.05, 4.69) is 13.2 Å². The summed E-state index contributed by atoms with van der Waals surface area (Å²) in [6.45, 7) is 11.2. The molecular formula is C37H47N3O6. The Bertz CT molecular complexity index is 1410. The van der Waals surface area contributed by atoms with E-state index < -0.39 is 29.1 Å². The number of aliphatic hydroxyl groups is 1. The van der Waals surface area contributed by atoms with Crippen molar-refractivity contribution in [3.63, 3.8) is 0 Å². The van der Waals surface area contributed by atoms with Crippen molar-refractivity contribution in [2.45, 2.75) is 69.2 Å². The minimum Gasteiger partial charge on any atom is -0.497 e. The summed E-state index contributed by atoms with van der Waals surface area (Å²) in [4.78, 5) is 49.0. The summed E-state index contributed by atoms with van der Waals surface area (Å²) in [6.07, 6.45) is 7.45. The van der Waals surface area contributed by atoms with Gasteiger partial charge in [0.05, 0.1) is 24.5 Å². The standard InChI is InChI=1S/C37H47N3O6/c1-5-22-38(26-27-14-10-9-11-15-27)33(42)30-31-34(43)40(24-12-7-8-13-25-41)32(37(31)21-20-36(30,3)46-37)35(44)39(23-6-2)28-16-18-29(45-4)19-17-28/h5-6,9-11,14-19,30-32,41H,1-2,7-8,12-13,20-26H2,3-4H3/t30-,31+,32?,36+,37?/m1/s1. The van der Waals surface area contributed by atoms with Gasteiger partial charge in [-0.3, -0.25) is 14.4 Å². The van der Waals surface area contributed by atoms with Crippen molar-refractivity contribution in [3.8, 4) is 5.75 Å². The molecule has 3 fully saturated rings. The number of aliphatic hydroxyl groups excluding tert-OH is 1. The first-order chi connectivity index (χ1) is 22.2. The molecule has 0 radical (unpaired) electrons. The van der Waals surface area contributed by atoms with Crippen molar-refractivity contribution in [2.24, 2.45) is 11.8 Å². The second-order valence-electron chi connectivity index (χ2n) is 12.8. The van der Waals surface area contributed by atoms with E-state index in [1.165, 1.54) is 0 Å². The normalized spacial score (nSPS) is 26.1. The van der Waals surface area contributed by atoms with Crippen LogP contribution in [0.2, 0.25) is 0 Å². The van der Waals surface area contributed by atoms with Gasteiger partial charge in [-0.05, 0) is 62.4 Å². The van der Waals surface area contributed by atoms with Crippen LogP contribution in [0.15, 0.2) is 79.9 Å². The SMILES string of the molecule is C=CCN(Cc1ccccc1)C(=O)[C@H]1[C@H]2C(=O)N(CCCCCCO)C(C(=O)N(CC=C)c3ccc(OC)cc3)C23CC[C@]1(C)O3. The van der Waals surface area contributed by atoms with E-state index in [1.807, 2.05) is 49.4 Å². The van der Waals surface area contributed by atoms with Crippen molar-refractivity contribution in [1.29, 1.82) is 0 Å². The molecule has 3 heterocycles. The van der Waals surface area contributed by atoms with Crippen LogP contribution in [-0.4, -0.2) is 83.2 Å². The van der Waals surface area contributed by atoms with Crippen LogP contribution in [0, 0.1) is 11.8 Å². The Kier molecular flexibility index (Phi) is 10.3. The van der Waals surface area contributed by atoms with Gasteiger partial charge < -0.3 is 29.3 Å². The molecule has 46 heavy (non-hydrogen) atoms. The molecule has 9 heteroatoms. The summed E-state index contributed by atoms with van der Waals surface area (Å²) in [5.74, 6) is -1.45. The number of methoxy groups -OCH3 is 1. The van der Waals surface area contributed by atoms with Crippen LogP contribution in [0.3, 0.4) is 0 Å². The number of hydrogen-bond acceptors (Lipinski definition) is 6. The van der Waals surface area contributed by atoms with Crippen LogP contribution in [0.25, 0.3) is 0 Å². The third-order valence-electron chi connectivity index (χ3n) is 9.92. The molecule has 1 spiro atoms. The van der Waals surface area contributed by atoms with E-state index in [-0.39, 0.29) is 30.9 Å². The van der Waals surface area contributed by atoms with Gasteiger partial charge in [-0.2, -0.15) is 0 Å². The molecule has 3 aliphatic heterocycles. The third kappa shape index (κ3) is 6.10. The van der Waals surface area contributed by atoms with Gasteiger partial charge in [-0.25, -0.2) is 0 Å². The molecule has 246 valence electrons. The average molecular weight is 630 g/mol. The predicted molar refractivity (Wildman–Crippen MR) is 177 cm³/mol. The summed E-state index contributed by atoms with van der Waals surface area (Å²) in [7, 11) is 1.59.